The maximum Gasteiger partial charge on any atom is 0.407 e. The van der Waals surface area contributed by atoms with E-state index in [-0.39, 0.29) is 11.0 Å². The predicted molar refractivity (Wildman–Crippen MR) is 178 cm³/mol. The van der Waals surface area contributed by atoms with Gasteiger partial charge in [-0.1, -0.05) is 54.5 Å². The van der Waals surface area contributed by atoms with Gasteiger partial charge < -0.3 is 33.8 Å². The first-order valence-corrected chi connectivity index (χ1v) is 18.8. The van der Waals surface area contributed by atoms with E-state index < -0.39 is 50.0 Å². The molecule has 10 heteroatoms. The lowest BCUT2D eigenvalue weighted by Crippen LogP contribution is -2.56. The Balaban J connectivity index is 3.93. The number of carbonyl (C=O) groups excluding carboxylic acids is 1. The first kappa shape index (κ1) is 39.7. The number of aliphatic carboxylic acids is 1. The number of carboxylic acid groups (broad SMARTS) is 1. The van der Waals surface area contributed by atoms with E-state index in [9.17, 15) is 14.7 Å². The number of carbonyl (C=O) groups is 2. The maximum absolute atomic E-state index is 13.3. The highest BCUT2D eigenvalue weighted by molar-refractivity contribution is 6.74. The normalized spacial score (nSPS) is 16.1. The van der Waals surface area contributed by atoms with Gasteiger partial charge in [-0.2, -0.15) is 0 Å². The van der Waals surface area contributed by atoms with Gasteiger partial charge in [-0.15, -0.1) is 0 Å². The molecule has 0 aliphatic rings. The van der Waals surface area contributed by atoms with Crippen molar-refractivity contribution >= 4 is 20.4 Å². The summed E-state index contributed by atoms with van der Waals surface area (Å²) in [6.45, 7) is 25.3. The molecule has 0 spiro atoms. The quantitative estimate of drug-likeness (QED) is 0.131. The molecular weight excluding hydrogens is 578 g/mol. The zero-order valence-electron chi connectivity index (χ0n) is 29.8. The van der Waals surface area contributed by atoms with Crippen molar-refractivity contribution < 1.29 is 38.1 Å². The molecule has 0 radical (unpaired) electrons. The van der Waals surface area contributed by atoms with Crippen molar-refractivity contribution in [3.63, 3.8) is 0 Å². The van der Waals surface area contributed by atoms with E-state index in [2.05, 4.69) is 60.0 Å². The van der Waals surface area contributed by atoms with Gasteiger partial charge in [-0.25, -0.2) is 4.79 Å². The van der Waals surface area contributed by atoms with Crippen molar-refractivity contribution in [3.8, 4) is 11.5 Å². The summed E-state index contributed by atoms with van der Waals surface area (Å²) < 4.78 is 29.7. The highest BCUT2D eigenvalue weighted by atomic mass is 28.4. The molecule has 0 saturated heterocycles. The Labute approximate surface area is 267 Å². The fourth-order valence-corrected chi connectivity index (χ4v) is 5.99. The van der Waals surface area contributed by atoms with E-state index in [1.54, 1.807) is 27.2 Å². The highest BCUT2D eigenvalue weighted by Gasteiger charge is 2.46. The van der Waals surface area contributed by atoms with Crippen molar-refractivity contribution in [2.24, 2.45) is 17.8 Å². The molecule has 0 saturated carbocycles. The molecule has 0 aromatic heterocycles. The number of amides is 1. The van der Waals surface area contributed by atoms with Gasteiger partial charge in [0.25, 0.3) is 0 Å². The largest absolute Gasteiger partial charge is 0.493 e. The molecule has 0 bridgehead atoms. The number of benzene rings is 1. The first-order valence-electron chi connectivity index (χ1n) is 15.8. The van der Waals surface area contributed by atoms with Crippen LogP contribution in [0.1, 0.15) is 93.6 Å². The molecule has 0 fully saturated rings. The SMILES string of the molecule is COCCCOc1cc(C([C@@H](C)C(=O)O)[C@H](O[Si](C)(C)C(C)(C)C)[C@H](C[C@H](C)C(C)C)NC(=O)OC(C)(C)C)ccc1OC. The van der Waals surface area contributed by atoms with E-state index in [0.29, 0.717) is 43.5 Å². The van der Waals surface area contributed by atoms with E-state index in [1.807, 2.05) is 32.9 Å². The molecule has 1 aromatic rings. The molecule has 2 N–H and O–H groups in total. The van der Waals surface area contributed by atoms with Crippen molar-refractivity contribution in [3.05, 3.63) is 23.8 Å². The first-order chi connectivity index (χ1) is 20.1. The molecule has 1 rings (SSSR count). The summed E-state index contributed by atoms with van der Waals surface area (Å²) in [6.07, 6.45) is 0.0341. The molecule has 0 aliphatic heterocycles. The Morgan fingerprint density at radius 1 is 0.955 bits per heavy atom. The fourth-order valence-electron chi connectivity index (χ4n) is 4.64. The number of hydrogen-bond donors (Lipinski definition) is 2. The topological polar surface area (TPSA) is 113 Å². The summed E-state index contributed by atoms with van der Waals surface area (Å²) in [6, 6.07) is 5.01. The Kier molecular flexibility index (Phi) is 15.2. The number of methoxy groups -OCH3 is 2. The number of ether oxygens (including phenoxy) is 4. The summed E-state index contributed by atoms with van der Waals surface area (Å²) in [4.78, 5) is 26.1. The highest BCUT2D eigenvalue weighted by Crippen LogP contribution is 2.44. The number of alkyl carbamates (subject to hydrolysis) is 1. The minimum absolute atomic E-state index is 0.169. The summed E-state index contributed by atoms with van der Waals surface area (Å²) in [7, 11) is 0.718. The molecule has 0 aliphatic carbocycles. The van der Waals surface area contributed by atoms with E-state index in [1.165, 1.54) is 0 Å². The van der Waals surface area contributed by atoms with Gasteiger partial charge >= 0.3 is 12.1 Å². The Hall–Kier alpha value is -2.30. The number of hydrogen-bond acceptors (Lipinski definition) is 7. The van der Waals surface area contributed by atoms with Gasteiger partial charge in [-0.05, 0) is 74.9 Å². The van der Waals surface area contributed by atoms with E-state index in [4.69, 9.17) is 23.4 Å². The van der Waals surface area contributed by atoms with Crippen LogP contribution in [0.25, 0.3) is 0 Å². The van der Waals surface area contributed by atoms with Crippen molar-refractivity contribution in [2.75, 3.05) is 27.4 Å². The van der Waals surface area contributed by atoms with E-state index >= 15 is 0 Å². The molecule has 44 heavy (non-hydrogen) atoms. The zero-order valence-corrected chi connectivity index (χ0v) is 30.8. The lowest BCUT2D eigenvalue weighted by Gasteiger charge is -2.45. The summed E-state index contributed by atoms with van der Waals surface area (Å²) in [5, 5.41) is 13.4. The van der Waals surface area contributed by atoms with Gasteiger partial charge in [0.05, 0.1) is 31.8 Å². The van der Waals surface area contributed by atoms with Crippen LogP contribution in [0.3, 0.4) is 0 Å². The smallest absolute Gasteiger partial charge is 0.407 e. The van der Waals surface area contributed by atoms with Crippen LogP contribution in [0, 0.1) is 17.8 Å². The van der Waals surface area contributed by atoms with Crippen LogP contribution in [0.2, 0.25) is 18.1 Å². The standard InChI is InChI=1S/C34H61NO8Si/c1-22(2)23(3)20-26(35-32(38)42-33(5,6)7)30(43-44(13,14)34(8,9)10)29(24(4)31(36)37)25-16-17-27(40-12)28(21-25)41-19-15-18-39-11/h16-17,21-24,26,29-30H,15,18-20H2,1-14H3,(H,35,38)(H,36,37)/t23-,24+,26-,29?,30+/m0/s1. The number of carboxylic acids is 1. The lowest BCUT2D eigenvalue weighted by molar-refractivity contribution is -0.143. The summed E-state index contributed by atoms with van der Waals surface area (Å²) in [5.74, 6) is -0.838. The Bertz CT molecular complexity index is 1050. The summed E-state index contributed by atoms with van der Waals surface area (Å²) >= 11 is 0. The monoisotopic (exact) mass is 639 g/mol. The van der Waals surface area contributed by atoms with Gasteiger partial charge in [0.15, 0.2) is 19.8 Å². The average Bonchev–Trinajstić information content (AvgIpc) is 2.88. The third kappa shape index (κ3) is 12.2. The van der Waals surface area contributed by atoms with Gasteiger partial charge in [0.1, 0.15) is 5.60 Å². The molecule has 1 amide bonds. The molecular formula is C34H61NO8Si. The van der Waals surface area contributed by atoms with Crippen molar-refractivity contribution in [2.45, 2.75) is 124 Å². The maximum atomic E-state index is 13.3. The molecule has 254 valence electrons. The second-order valence-corrected chi connectivity index (χ2v) is 19.6. The van der Waals surface area contributed by atoms with Crippen LogP contribution in [0.4, 0.5) is 4.79 Å². The minimum Gasteiger partial charge on any atom is -0.493 e. The van der Waals surface area contributed by atoms with Crippen molar-refractivity contribution in [1.82, 2.24) is 5.32 Å². The van der Waals surface area contributed by atoms with Crippen LogP contribution in [0.15, 0.2) is 18.2 Å². The second-order valence-electron chi connectivity index (χ2n) is 14.8. The summed E-state index contributed by atoms with van der Waals surface area (Å²) in [5.41, 5.74) is 0.0340. The van der Waals surface area contributed by atoms with Crippen LogP contribution >= 0.6 is 0 Å². The zero-order chi connectivity index (χ0) is 34.0. The molecule has 9 nitrogen and oxygen atoms in total. The fraction of sp³-hybridized carbons (Fsp3) is 0.765. The van der Waals surface area contributed by atoms with Gasteiger partial charge in [-0.3, -0.25) is 4.79 Å². The molecule has 1 aromatic carbocycles. The number of rotatable bonds is 17. The van der Waals surface area contributed by atoms with Crippen LogP contribution < -0.4 is 14.8 Å². The van der Waals surface area contributed by atoms with Crippen LogP contribution in [-0.2, 0) is 18.7 Å². The third-order valence-electron chi connectivity index (χ3n) is 8.70. The predicted octanol–water partition coefficient (Wildman–Crippen LogP) is 7.88. The van der Waals surface area contributed by atoms with Crippen LogP contribution in [0.5, 0.6) is 11.5 Å². The molecule has 1 unspecified atom stereocenters. The van der Waals surface area contributed by atoms with Crippen molar-refractivity contribution in [1.29, 1.82) is 0 Å². The second kappa shape index (κ2) is 16.8. The Morgan fingerprint density at radius 2 is 1.57 bits per heavy atom. The van der Waals surface area contributed by atoms with E-state index in [0.717, 1.165) is 5.56 Å². The van der Waals surface area contributed by atoms with Gasteiger partial charge in [0, 0.05) is 26.1 Å². The molecule has 0 heterocycles. The lowest BCUT2D eigenvalue weighted by atomic mass is 9.77. The average molecular weight is 640 g/mol. The third-order valence-corrected chi connectivity index (χ3v) is 13.2. The van der Waals surface area contributed by atoms with Crippen LogP contribution in [-0.4, -0.2) is 70.7 Å². The Morgan fingerprint density at radius 3 is 2.05 bits per heavy atom. The van der Waals surface area contributed by atoms with Gasteiger partial charge in [0.2, 0.25) is 0 Å². The minimum atomic E-state index is -2.50. The molecule has 5 atom stereocenters. The number of nitrogens with one attached hydrogen (secondary N) is 1.